The van der Waals surface area contributed by atoms with E-state index in [1.165, 1.54) is 44.9 Å². The van der Waals surface area contributed by atoms with Crippen molar-refractivity contribution in [3.8, 4) is 0 Å². The molecule has 0 aromatic heterocycles. The molecule has 0 radical (unpaired) electrons. The van der Waals surface area contributed by atoms with Crippen LogP contribution in [0.1, 0.15) is 78.6 Å². The molecule has 0 aromatic carbocycles. The Labute approximate surface area is 141 Å². The Bertz CT molecular complexity index is 500. The largest absolute Gasteiger partial charge is 0.392 e. The molecule has 4 aliphatic rings. The molecule has 4 fully saturated rings. The van der Waals surface area contributed by atoms with Crippen LogP contribution in [0.4, 0.5) is 0 Å². The number of carbonyl (C=O) groups excluding carboxylic acids is 1. The quantitative estimate of drug-likeness (QED) is 0.767. The Kier molecular flexibility index (Phi) is 3.72. The summed E-state index contributed by atoms with van der Waals surface area (Å²) < 4.78 is 0. The summed E-state index contributed by atoms with van der Waals surface area (Å²) in [4.78, 5) is 12.2. The van der Waals surface area contributed by atoms with Gasteiger partial charge in [0, 0.05) is 5.92 Å². The van der Waals surface area contributed by atoms with E-state index in [1.807, 2.05) is 0 Å². The normalized spacial score (nSPS) is 55.7. The lowest BCUT2D eigenvalue weighted by Crippen LogP contribution is -2.53. The second-order valence-corrected chi connectivity index (χ2v) is 9.84. The number of Topliss-reactive ketones (excluding diaryl/α,β-unsaturated/α-hetero) is 1. The van der Waals surface area contributed by atoms with Crippen molar-refractivity contribution >= 4 is 5.78 Å². The van der Waals surface area contributed by atoms with Crippen LogP contribution in [-0.4, -0.2) is 17.0 Å². The van der Waals surface area contributed by atoms with E-state index in [0.29, 0.717) is 11.3 Å². The van der Waals surface area contributed by atoms with Gasteiger partial charge >= 0.3 is 0 Å². The van der Waals surface area contributed by atoms with Crippen LogP contribution in [0.3, 0.4) is 0 Å². The molecule has 0 heterocycles. The topological polar surface area (TPSA) is 37.3 Å². The van der Waals surface area contributed by atoms with E-state index in [-0.39, 0.29) is 17.1 Å². The maximum atomic E-state index is 12.2. The Hall–Kier alpha value is -0.370. The first kappa shape index (κ1) is 16.1. The van der Waals surface area contributed by atoms with Gasteiger partial charge in [0.15, 0.2) is 0 Å². The van der Waals surface area contributed by atoms with Crippen LogP contribution in [0, 0.1) is 40.4 Å². The molecule has 130 valence electrons. The summed E-state index contributed by atoms with van der Waals surface area (Å²) in [5.74, 6) is 3.23. The second kappa shape index (κ2) is 5.31. The minimum absolute atomic E-state index is 0.0598. The van der Waals surface area contributed by atoms with Gasteiger partial charge in [-0.3, -0.25) is 4.79 Å². The molecule has 4 aliphatic carbocycles. The van der Waals surface area contributed by atoms with Crippen LogP contribution < -0.4 is 0 Å². The van der Waals surface area contributed by atoms with Crippen molar-refractivity contribution in [1.29, 1.82) is 0 Å². The number of rotatable bonds is 1. The molecule has 2 nitrogen and oxygen atoms in total. The average molecular weight is 319 g/mol. The maximum absolute atomic E-state index is 12.2. The van der Waals surface area contributed by atoms with E-state index in [0.717, 1.165) is 30.6 Å². The second-order valence-electron chi connectivity index (χ2n) is 9.84. The van der Waals surface area contributed by atoms with Crippen molar-refractivity contribution in [3.05, 3.63) is 0 Å². The van der Waals surface area contributed by atoms with Crippen LogP contribution in [-0.2, 0) is 4.79 Å². The minimum Gasteiger partial charge on any atom is -0.392 e. The summed E-state index contributed by atoms with van der Waals surface area (Å²) >= 11 is 0. The van der Waals surface area contributed by atoms with Gasteiger partial charge in [0.25, 0.3) is 0 Å². The molecule has 0 aliphatic heterocycles. The molecule has 2 heteroatoms. The van der Waals surface area contributed by atoms with E-state index < -0.39 is 6.10 Å². The molecule has 4 rings (SSSR count). The monoisotopic (exact) mass is 318 g/mol. The highest BCUT2D eigenvalue weighted by Crippen LogP contribution is 2.67. The first-order chi connectivity index (χ1) is 10.9. The Morgan fingerprint density at radius 1 is 0.957 bits per heavy atom. The van der Waals surface area contributed by atoms with Crippen molar-refractivity contribution in [2.75, 3.05) is 0 Å². The highest BCUT2D eigenvalue weighted by Gasteiger charge is 2.62. The van der Waals surface area contributed by atoms with Crippen LogP contribution in [0.2, 0.25) is 0 Å². The molecule has 4 saturated carbocycles. The number of aliphatic hydroxyl groups is 1. The van der Waals surface area contributed by atoms with Crippen LogP contribution in [0.25, 0.3) is 0 Å². The Morgan fingerprint density at radius 2 is 1.74 bits per heavy atom. The fourth-order valence-electron chi connectivity index (χ4n) is 8.04. The van der Waals surface area contributed by atoms with Gasteiger partial charge in [-0.1, -0.05) is 26.7 Å². The SMILES string of the molecule is CC(=O)[C@@H]1[C@H](O)C[C@@H]2[C@@H]3CC[C@@H]4CCCC[C@]4(C)[C@H]3CC[C@]21C. The lowest BCUT2D eigenvalue weighted by atomic mass is 9.45. The lowest BCUT2D eigenvalue weighted by molar-refractivity contribution is -0.135. The third-order valence-corrected chi connectivity index (χ3v) is 9.05. The van der Waals surface area contributed by atoms with E-state index in [9.17, 15) is 9.90 Å². The summed E-state index contributed by atoms with van der Waals surface area (Å²) in [7, 11) is 0. The van der Waals surface area contributed by atoms with Gasteiger partial charge < -0.3 is 5.11 Å². The number of fused-ring (bicyclic) bond motifs is 5. The van der Waals surface area contributed by atoms with Crippen LogP contribution in [0.5, 0.6) is 0 Å². The Balaban J connectivity index is 1.66. The molecule has 1 N–H and O–H groups in total. The fraction of sp³-hybridized carbons (Fsp3) is 0.952. The zero-order valence-electron chi connectivity index (χ0n) is 15.2. The average Bonchev–Trinajstić information content (AvgIpc) is 2.77. The van der Waals surface area contributed by atoms with Crippen molar-refractivity contribution in [2.45, 2.75) is 84.7 Å². The number of carbonyl (C=O) groups is 1. The zero-order valence-corrected chi connectivity index (χ0v) is 15.2. The standard InChI is InChI=1S/C21H34O2/c1-13(22)19-18(23)12-17-15-8-7-14-6-4-5-10-20(14,2)16(15)9-11-21(17,19)3/h14-19,23H,4-12H2,1-3H3/t14-,15+,16-,17+,18+,19+,20-,21+/m0/s1. The highest BCUT2D eigenvalue weighted by molar-refractivity contribution is 5.80. The van der Waals surface area contributed by atoms with E-state index in [2.05, 4.69) is 13.8 Å². The summed E-state index contributed by atoms with van der Waals surface area (Å²) in [6.07, 6.45) is 11.4. The Morgan fingerprint density at radius 3 is 2.48 bits per heavy atom. The maximum Gasteiger partial charge on any atom is 0.136 e. The third-order valence-electron chi connectivity index (χ3n) is 9.05. The van der Waals surface area contributed by atoms with Crippen molar-refractivity contribution in [3.63, 3.8) is 0 Å². The van der Waals surface area contributed by atoms with E-state index >= 15 is 0 Å². The molecule has 0 aromatic rings. The van der Waals surface area contributed by atoms with Gasteiger partial charge in [0.2, 0.25) is 0 Å². The van der Waals surface area contributed by atoms with Gasteiger partial charge in [-0.05, 0) is 86.4 Å². The first-order valence-electron chi connectivity index (χ1n) is 10.1. The predicted octanol–water partition coefficient (Wildman–Crippen LogP) is 4.60. The molecule has 0 bridgehead atoms. The van der Waals surface area contributed by atoms with Crippen molar-refractivity contribution in [1.82, 2.24) is 0 Å². The molecule has 0 amide bonds. The summed E-state index contributed by atoms with van der Waals surface area (Å²) in [6, 6.07) is 0. The molecular weight excluding hydrogens is 284 g/mol. The van der Waals surface area contributed by atoms with E-state index in [4.69, 9.17) is 0 Å². The van der Waals surface area contributed by atoms with Crippen LogP contribution in [0.15, 0.2) is 0 Å². The highest BCUT2D eigenvalue weighted by atomic mass is 16.3. The number of aliphatic hydroxyl groups excluding tert-OH is 1. The molecular formula is C21H34O2. The van der Waals surface area contributed by atoms with Crippen molar-refractivity contribution < 1.29 is 9.90 Å². The van der Waals surface area contributed by atoms with Gasteiger partial charge in [0.05, 0.1) is 6.10 Å². The third kappa shape index (κ3) is 2.12. The summed E-state index contributed by atoms with van der Waals surface area (Å²) in [6.45, 7) is 6.61. The molecule has 23 heavy (non-hydrogen) atoms. The molecule has 8 atom stereocenters. The number of ketones is 1. The number of hydrogen-bond donors (Lipinski definition) is 1. The first-order valence-corrected chi connectivity index (χ1v) is 10.1. The lowest BCUT2D eigenvalue weighted by Gasteiger charge is -2.60. The summed E-state index contributed by atoms with van der Waals surface area (Å²) in [5, 5.41) is 10.6. The van der Waals surface area contributed by atoms with Crippen molar-refractivity contribution in [2.24, 2.45) is 40.4 Å². The fourth-order valence-corrected chi connectivity index (χ4v) is 8.04. The van der Waals surface area contributed by atoms with Gasteiger partial charge in [-0.25, -0.2) is 0 Å². The predicted molar refractivity (Wildman–Crippen MR) is 91.9 cm³/mol. The zero-order chi connectivity index (χ0) is 16.4. The number of hydrogen-bond acceptors (Lipinski definition) is 2. The molecule has 0 spiro atoms. The minimum atomic E-state index is -0.391. The van der Waals surface area contributed by atoms with Gasteiger partial charge in [0.1, 0.15) is 5.78 Å². The smallest absolute Gasteiger partial charge is 0.136 e. The molecule has 0 saturated heterocycles. The van der Waals surface area contributed by atoms with E-state index in [1.54, 1.807) is 6.92 Å². The summed E-state index contributed by atoms with van der Waals surface area (Å²) in [5.41, 5.74) is 0.603. The molecule has 0 unspecified atom stereocenters. The van der Waals surface area contributed by atoms with Crippen LogP contribution >= 0.6 is 0 Å². The van der Waals surface area contributed by atoms with Gasteiger partial charge in [-0.15, -0.1) is 0 Å². The van der Waals surface area contributed by atoms with Gasteiger partial charge in [-0.2, -0.15) is 0 Å².